The van der Waals surface area contributed by atoms with Gasteiger partial charge < -0.3 is 10.5 Å². The summed E-state index contributed by atoms with van der Waals surface area (Å²) in [7, 11) is 0. The maximum atomic E-state index is 11.6. The lowest BCUT2D eigenvalue weighted by Crippen LogP contribution is -2.26. The summed E-state index contributed by atoms with van der Waals surface area (Å²) in [4.78, 5) is 11.6. The van der Waals surface area contributed by atoms with Crippen molar-refractivity contribution < 1.29 is 9.53 Å². The number of ether oxygens (including phenoxy) is 1. The van der Waals surface area contributed by atoms with Gasteiger partial charge in [0.05, 0.1) is 17.2 Å². The minimum absolute atomic E-state index is 0.111. The van der Waals surface area contributed by atoms with Gasteiger partial charge in [-0.2, -0.15) is 0 Å². The first-order chi connectivity index (χ1) is 7.58. The van der Waals surface area contributed by atoms with Crippen LogP contribution < -0.4 is 10.5 Å². The Hall–Kier alpha value is -1.06. The van der Waals surface area contributed by atoms with Gasteiger partial charge in [-0.15, -0.1) is 0 Å². The van der Waals surface area contributed by atoms with Gasteiger partial charge in [-0.3, -0.25) is 4.79 Å². The van der Waals surface area contributed by atoms with E-state index in [-0.39, 0.29) is 5.78 Å². The van der Waals surface area contributed by atoms with Gasteiger partial charge in [-0.25, -0.2) is 0 Å². The Balaban J connectivity index is 2.17. The Morgan fingerprint density at radius 2 is 2.25 bits per heavy atom. The van der Waals surface area contributed by atoms with Crippen molar-refractivity contribution in [3.05, 3.63) is 28.8 Å². The van der Waals surface area contributed by atoms with Crippen molar-refractivity contribution in [2.24, 2.45) is 5.73 Å². The zero-order valence-electron chi connectivity index (χ0n) is 9.07. The maximum absolute atomic E-state index is 11.6. The van der Waals surface area contributed by atoms with Crippen molar-refractivity contribution in [1.29, 1.82) is 0 Å². The molecule has 1 saturated carbocycles. The van der Waals surface area contributed by atoms with Gasteiger partial charge in [0.2, 0.25) is 0 Å². The van der Waals surface area contributed by atoms with Gasteiger partial charge in [0.15, 0.2) is 5.78 Å². The maximum Gasteiger partial charge on any atom is 0.179 e. The Bertz CT molecular complexity index is 413. The summed E-state index contributed by atoms with van der Waals surface area (Å²) >= 11 is 6.03. The number of carbonyl (C=O) groups is 1. The van der Waals surface area contributed by atoms with Crippen LogP contribution in [-0.2, 0) is 0 Å². The second-order valence-electron chi connectivity index (χ2n) is 4.12. The second kappa shape index (κ2) is 4.44. The number of carbonyl (C=O) groups excluding carboxylic acids is 1. The smallest absolute Gasteiger partial charge is 0.179 e. The Labute approximate surface area is 99.5 Å². The molecule has 4 heteroatoms. The highest BCUT2D eigenvalue weighted by Crippen LogP contribution is 2.32. The molecule has 2 N–H and O–H groups in total. The van der Waals surface area contributed by atoms with E-state index in [0.29, 0.717) is 22.4 Å². The highest BCUT2D eigenvalue weighted by atomic mass is 35.5. The first-order valence-electron chi connectivity index (χ1n) is 5.34. The molecule has 1 atom stereocenters. The second-order valence-corrected chi connectivity index (χ2v) is 4.52. The lowest BCUT2D eigenvalue weighted by molar-refractivity contribution is 0.0968. The van der Waals surface area contributed by atoms with Crippen LogP contribution in [0.5, 0.6) is 5.75 Å². The molecule has 0 spiro atoms. The van der Waals surface area contributed by atoms with Gasteiger partial charge in [-0.1, -0.05) is 11.6 Å². The minimum Gasteiger partial charge on any atom is -0.489 e. The van der Waals surface area contributed by atoms with Gasteiger partial charge in [0.1, 0.15) is 5.75 Å². The van der Waals surface area contributed by atoms with Crippen LogP contribution in [0.1, 0.15) is 30.1 Å². The van der Waals surface area contributed by atoms with Crippen molar-refractivity contribution >= 4 is 17.4 Å². The summed E-state index contributed by atoms with van der Waals surface area (Å²) in [6, 6.07) is 4.54. The first kappa shape index (κ1) is 11.4. The third kappa shape index (κ3) is 2.54. The monoisotopic (exact) mass is 239 g/mol. The molecule has 0 aromatic heterocycles. The summed E-state index contributed by atoms with van der Waals surface area (Å²) < 4.78 is 5.58. The lowest BCUT2D eigenvalue weighted by Gasteiger charge is -2.09. The number of halogens is 1. The molecule has 0 heterocycles. The summed E-state index contributed by atoms with van der Waals surface area (Å²) in [6.07, 6.45) is 2.46. The minimum atomic E-state index is -0.508. The van der Waals surface area contributed by atoms with Crippen molar-refractivity contribution in [2.45, 2.75) is 31.9 Å². The Kier molecular flexibility index (Phi) is 3.17. The third-order valence-corrected chi connectivity index (χ3v) is 2.74. The molecule has 1 aliphatic carbocycles. The van der Waals surface area contributed by atoms with E-state index in [1.54, 1.807) is 25.1 Å². The van der Waals surface area contributed by atoms with Crippen LogP contribution >= 0.6 is 11.6 Å². The molecular formula is C12H14ClNO2. The number of benzene rings is 1. The molecule has 1 aliphatic rings. The van der Waals surface area contributed by atoms with E-state index >= 15 is 0 Å². The molecule has 1 aromatic rings. The molecule has 0 saturated heterocycles. The molecule has 1 aromatic carbocycles. The molecule has 86 valence electrons. The highest BCUT2D eigenvalue weighted by Gasteiger charge is 2.24. The highest BCUT2D eigenvalue weighted by molar-refractivity contribution is 6.32. The van der Waals surface area contributed by atoms with Crippen LogP contribution in [0.15, 0.2) is 18.2 Å². The fraction of sp³-hybridized carbons (Fsp3) is 0.417. The van der Waals surface area contributed by atoms with Crippen LogP contribution in [0, 0.1) is 0 Å². The van der Waals surface area contributed by atoms with Gasteiger partial charge in [-0.05, 0) is 38.0 Å². The van der Waals surface area contributed by atoms with Gasteiger partial charge in [0.25, 0.3) is 0 Å². The molecule has 2 rings (SSSR count). The van der Waals surface area contributed by atoms with E-state index < -0.39 is 6.04 Å². The quantitative estimate of drug-likeness (QED) is 0.821. The van der Waals surface area contributed by atoms with E-state index in [0.717, 1.165) is 12.8 Å². The predicted molar refractivity (Wildman–Crippen MR) is 63.1 cm³/mol. The van der Waals surface area contributed by atoms with E-state index in [1.165, 1.54) is 0 Å². The van der Waals surface area contributed by atoms with Crippen LogP contribution in [0.3, 0.4) is 0 Å². The SMILES string of the molecule is CC(N)C(=O)c1ccc(OC2CC2)c(Cl)c1. The molecule has 16 heavy (non-hydrogen) atoms. The molecule has 0 aliphatic heterocycles. The van der Waals surface area contributed by atoms with Crippen molar-refractivity contribution in [3.8, 4) is 5.75 Å². The Morgan fingerprint density at radius 3 is 2.75 bits per heavy atom. The van der Waals surface area contributed by atoms with Gasteiger partial charge in [0, 0.05) is 5.56 Å². The van der Waals surface area contributed by atoms with Crippen molar-refractivity contribution in [2.75, 3.05) is 0 Å². The van der Waals surface area contributed by atoms with E-state index in [1.807, 2.05) is 0 Å². The van der Waals surface area contributed by atoms with Crippen LogP contribution in [0.2, 0.25) is 5.02 Å². The largest absolute Gasteiger partial charge is 0.489 e. The van der Waals surface area contributed by atoms with Crippen LogP contribution in [0.25, 0.3) is 0 Å². The number of rotatable bonds is 4. The molecule has 0 bridgehead atoms. The number of Topliss-reactive ketones (excluding diaryl/α,β-unsaturated/α-hetero) is 1. The van der Waals surface area contributed by atoms with Crippen LogP contribution in [0.4, 0.5) is 0 Å². The zero-order valence-corrected chi connectivity index (χ0v) is 9.83. The molecule has 0 amide bonds. The molecule has 1 unspecified atom stereocenters. The topological polar surface area (TPSA) is 52.3 Å². The molecule has 1 fully saturated rings. The third-order valence-electron chi connectivity index (χ3n) is 2.45. The van der Waals surface area contributed by atoms with Crippen molar-refractivity contribution in [1.82, 2.24) is 0 Å². The number of ketones is 1. The lowest BCUT2D eigenvalue weighted by atomic mass is 10.1. The van der Waals surface area contributed by atoms with Gasteiger partial charge >= 0.3 is 0 Å². The fourth-order valence-corrected chi connectivity index (χ4v) is 1.60. The average molecular weight is 240 g/mol. The zero-order chi connectivity index (χ0) is 11.7. The first-order valence-corrected chi connectivity index (χ1v) is 5.71. The number of nitrogens with two attached hydrogens (primary N) is 1. The standard InChI is InChI=1S/C12H14ClNO2/c1-7(14)12(15)8-2-5-11(10(13)6-8)16-9-3-4-9/h2,5-7,9H,3-4,14H2,1H3. The summed E-state index contributed by atoms with van der Waals surface area (Å²) in [6.45, 7) is 1.66. The summed E-state index contributed by atoms with van der Waals surface area (Å²) in [5.41, 5.74) is 6.05. The number of hydrogen-bond donors (Lipinski definition) is 1. The van der Waals surface area contributed by atoms with E-state index in [2.05, 4.69) is 0 Å². The fourth-order valence-electron chi connectivity index (χ4n) is 1.38. The molecule has 3 nitrogen and oxygen atoms in total. The molecular weight excluding hydrogens is 226 g/mol. The number of hydrogen-bond acceptors (Lipinski definition) is 3. The Morgan fingerprint density at radius 1 is 1.56 bits per heavy atom. The average Bonchev–Trinajstić information content (AvgIpc) is 3.03. The summed E-state index contributed by atoms with van der Waals surface area (Å²) in [5, 5.41) is 0.471. The van der Waals surface area contributed by atoms with Crippen LogP contribution in [-0.4, -0.2) is 17.9 Å². The molecule has 0 radical (unpaired) electrons. The normalized spacial score (nSPS) is 16.9. The van der Waals surface area contributed by atoms with E-state index in [9.17, 15) is 4.79 Å². The van der Waals surface area contributed by atoms with E-state index in [4.69, 9.17) is 22.1 Å². The van der Waals surface area contributed by atoms with Crippen molar-refractivity contribution in [3.63, 3.8) is 0 Å². The predicted octanol–water partition coefficient (Wildman–Crippen LogP) is 2.41. The summed E-state index contributed by atoms with van der Waals surface area (Å²) in [5.74, 6) is 0.533.